The predicted molar refractivity (Wildman–Crippen MR) is 84.1 cm³/mol. The average Bonchev–Trinajstić information content (AvgIpc) is 2.63. The zero-order valence-electron chi connectivity index (χ0n) is 12.7. The Morgan fingerprint density at radius 3 is 2.59 bits per heavy atom. The topological polar surface area (TPSA) is 86.8 Å². The van der Waals surface area contributed by atoms with E-state index in [4.69, 9.17) is 0 Å². The molecule has 2 rings (SSSR count). The monoisotopic (exact) mass is 325 g/mol. The van der Waals surface area contributed by atoms with Crippen molar-refractivity contribution in [3.8, 4) is 0 Å². The van der Waals surface area contributed by atoms with Gasteiger partial charge in [0, 0.05) is 27.1 Å². The molecular formula is C14H19N3O4S. The van der Waals surface area contributed by atoms with Gasteiger partial charge in [-0.25, -0.2) is 8.42 Å². The molecule has 22 heavy (non-hydrogen) atoms. The van der Waals surface area contributed by atoms with Crippen LogP contribution in [0.2, 0.25) is 0 Å². The Kier molecular flexibility index (Phi) is 4.41. The van der Waals surface area contributed by atoms with Crippen LogP contribution in [0.1, 0.15) is 13.3 Å². The molecule has 7 nitrogen and oxygen atoms in total. The van der Waals surface area contributed by atoms with Gasteiger partial charge in [0.2, 0.25) is 21.8 Å². The highest BCUT2D eigenvalue weighted by Crippen LogP contribution is 2.31. The fraction of sp³-hybridized carbons (Fsp3) is 0.429. The van der Waals surface area contributed by atoms with Gasteiger partial charge in [-0.15, -0.1) is 0 Å². The molecule has 0 fully saturated rings. The number of nitrogens with zero attached hydrogens (tertiary/aromatic N) is 2. The molecule has 1 aromatic rings. The molecule has 1 aliphatic heterocycles. The first-order valence-corrected chi connectivity index (χ1v) is 8.37. The first-order valence-electron chi connectivity index (χ1n) is 6.86. The molecule has 0 aromatic heterocycles. The number of sulfonamides is 1. The Balaban J connectivity index is 2.47. The number of hydrogen-bond donors (Lipinski definition) is 1. The number of rotatable bonds is 3. The van der Waals surface area contributed by atoms with Gasteiger partial charge in [-0.1, -0.05) is 12.1 Å². The number of carbonyl (C=O) groups is 2. The molecule has 0 bridgehead atoms. The van der Waals surface area contributed by atoms with E-state index in [1.54, 1.807) is 24.3 Å². The highest BCUT2D eigenvalue weighted by atomic mass is 32.2. The van der Waals surface area contributed by atoms with E-state index < -0.39 is 21.2 Å². The van der Waals surface area contributed by atoms with Crippen LogP contribution in [0, 0.1) is 0 Å². The second kappa shape index (κ2) is 5.96. The van der Waals surface area contributed by atoms with Gasteiger partial charge in [0.25, 0.3) is 0 Å². The lowest BCUT2D eigenvalue weighted by atomic mass is 10.2. The third-order valence-corrected chi connectivity index (χ3v) is 5.62. The first kappa shape index (κ1) is 16.3. The summed E-state index contributed by atoms with van der Waals surface area (Å²) in [7, 11) is -0.897. The Labute approximate surface area is 129 Å². The van der Waals surface area contributed by atoms with Gasteiger partial charge >= 0.3 is 0 Å². The molecule has 0 radical (unpaired) electrons. The van der Waals surface area contributed by atoms with Crippen LogP contribution in [-0.2, 0) is 19.6 Å². The van der Waals surface area contributed by atoms with Gasteiger partial charge < -0.3 is 10.2 Å². The van der Waals surface area contributed by atoms with Crippen molar-refractivity contribution in [3.63, 3.8) is 0 Å². The van der Waals surface area contributed by atoms with Gasteiger partial charge in [-0.3, -0.25) is 13.9 Å². The molecule has 0 aliphatic carbocycles. The van der Waals surface area contributed by atoms with Crippen LogP contribution in [0.5, 0.6) is 0 Å². The largest absolute Gasteiger partial charge is 0.348 e. The van der Waals surface area contributed by atoms with Crippen LogP contribution in [0.15, 0.2) is 24.3 Å². The fourth-order valence-electron chi connectivity index (χ4n) is 2.28. The van der Waals surface area contributed by atoms with E-state index in [0.717, 1.165) is 4.31 Å². The third kappa shape index (κ3) is 2.92. The quantitative estimate of drug-likeness (QED) is 0.883. The molecule has 1 aliphatic rings. The van der Waals surface area contributed by atoms with Crippen molar-refractivity contribution in [2.45, 2.75) is 18.6 Å². The van der Waals surface area contributed by atoms with Crippen LogP contribution >= 0.6 is 0 Å². The number of para-hydroxylation sites is 2. The van der Waals surface area contributed by atoms with Crippen molar-refractivity contribution in [2.75, 3.05) is 30.3 Å². The summed E-state index contributed by atoms with van der Waals surface area (Å²) in [5, 5.41) is 1.46. The Morgan fingerprint density at radius 2 is 1.95 bits per heavy atom. The van der Waals surface area contributed by atoms with Crippen molar-refractivity contribution in [3.05, 3.63) is 24.3 Å². The summed E-state index contributed by atoms with van der Waals surface area (Å²) >= 11 is 0. The number of fused-ring (bicyclic) bond motifs is 1. The molecule has 2 amide bonds. The van der Waals surface area contributed by atoms with E-state index in [0.29, 0.717) is 11.4 Å². The van der Waals surface area contributed by atoms with E-state index in [1.807, 2.05) is 0 Å². The second-order valence-electron chi connectivity index (χ2n) is 5.31. The molecule has 0 saturated heterocycles. The van der Waals surface area contributed by atoms with E-state index >= 15 is 0 Å². The molecule has 0 spiro atoms. The van der Waals surface area contributed by atoms with Crippen molar-refractivity contribution in [1.82, 2.24) is 4.90 Å². The summed E-state index contributed by atoms with van der Waals surface area (Å²) in [6, 6.07) is 6.66. The van der Waals surface area contributed by atoms with E-state index in [9.17, 15) is 18.0 Å². The summed E-state index contributed by atoms with van der Waals surface area (Å²) in [5.74, 6) is -0.752. The SMILES string of the molecule is C[C@H](C(=O)N(C)C)S(=O)(=O)N1CCC(=O)Nc2ccccc21. The number of benzene rings is 1. The summed E-state index contributed by atoms with van der Waals surface area (Å²) in [6.45, 7) is 1.37. The van der Waals surface area contributed by atoms with Crippen LogP contribution in [0.3, 0.4) is 0 Å². The smallest absolute Gasteiger partial charge is 0.246 e. The summed E-state index contributed by atoms with van der Waals surface area (Å²) < 4.78 is 26.7. The zero-order valence-corrected chi connectivity index (χ0v) is 13.6. The maximum atomic E-state index is 12.8. The Morgan fingerprint density at radius 1 is 1.32 bits per heavy atom. The minimum Gasteiger partial charge on any atom is -0.348 e. The molecule has 120 valence electrons. The summed E-state index contributed by atoms with van der Waals surface area (Å²) in [6.07, 6.45) is 0.0385. The summed E-state index contributed by atoms with van der Waals surface area (Å²) in [4.78, 5) is 25.0. The third-order valence-electron chi connectivity index (χ3n) is 3.53. The van der Waals surface area contributed by atoms with Crippen molar-refractivity contribution >= 4 is 33.2 Å². The second-order valence-corrected chi connectivity index (χ2v) is 7.49. The maximum Gasteiger partial charge on any atom is 0.246 e. The number of amides is 2. The minimum atomic E-state index is -3.92. The van der Waals surface area contributed by atoms with E-state index in [-0.39, 0.29) is 18.9 Å². The van der Waals surface area contributed by atoms with Crippen LogP contribution in [0.4, 0.5) is 11.4 Å². The van der Waals surface area contributed by atoms with Gasteiger partial charge in [0.15, 0.2) is 5.25 Å². The van der Waals surface area contributed by atoms with Crippen molar-refractivity contribution in [1.29, 1.82) is 0 Å². The fourth-order valence-corrected chi connectivity index (χ4v) is 3.91. The van der Waals surface area contributed by atoms with E-state index in [1.165, 1.54) is 25.9 Å². The molecule has 1 heterocycles. The average molecular weight is 325 g/mol. The van der Waals surface area contributed by atoms with Crippen LogP contribution < -0.4 is 9.62 Å². The summed E-state index contributed by atoms with van der Waals surface area (Å²) in [5.41, 5.74) is 0.810. The lowest BCUT2D eigenvalue weighted by Gasteiger charge is -2.27. The zero-order chi connectivity index (χ0) is 16.5. The van der Waals surface area contributed by atoms with Crippen molar-refractivity contribution in [2.24, 2.45) is 0 Å². The molecule has 0 saturated carbocycles. The highest BCUT2D eigenvalue weighted by Gasteiger charge is 2.37. The Bertz CT molecular complexity index is 700. The standard InChI is InChI=1S/C14H19N3O4S/c1-10(14(19)16(2)3)22(20,21)17-9-8-13(18)15-11-6-4-5-7-12(11)17/h4-7,10H,8-9H2,1-3H3,(H,15,18)/t10-/m1/s1. The van der Waals surface area contributed by atoms with Gasteiger partial charge in [0.05, 0.1) is 11.4 Å². The number of nitrogens with one attached hydrogen (secondary N) is 1. The first-order chi connectivity index (χ1) is 10.2. The number of carbonyl (C=O) groups excluding carboxylic acids is 2. The normalized spacial score (nSPS) is 16.3. The number of anilines is 2. The number of hydrogen-bond acceptors (Lipinski definition) is 4. The molecule has 8 heteroatoms. The molecule has 1 N–H and O–H groups in total. The lowest BCUT2D eigenvalue weighted by molar-refractivity contribution is -0.127. The predicted octanol–water partition coefficient (Wildman–Crippen LogP) is 0.642. The van der Waals surface area contributed by atoms with Crippen LogP contribution in [0.25, 0.3) is 0 Å². The minimum absolute atomic E-state index is 0.0101. The van der Waals surface area contributed by atoms with Gasteiger partial charge in [0.1, 0.15) is 0 Å². The van der Waals surface area contributed by atoms with Gasteiger partial charge in [-0.05, 0) is 19.1 Å². The maximum absolute atomic E-state index is 12.8. The van der Waals surface area contributed by atoms with Crippen LogP contribution in [-0.4, -0.2) is 51.0 Å². The molecule has 1 atom stereocenters. The van der Waals surface area contributed by atoms with Gasteiger partial charge in [-0.2, -0.15) is 0 Å². The molecular weight excluding hydrogens is 306 g/mol. The van der Waals surface area contributed by atoms with E-state index in [2.05, 4.69) is 5.32 Å². The van der Waals surface area contributed by atoms with Crippen molar-refractivity contribution < 1.29 is 18.0 Å². The highest BCUT2D eigenvalue weighted by molar-refractivity contribution is 7.94. The molecule has 1 aromatic carbocycles. The lowest BCUT2D eigenvalue weighted by Crippen LogP contribution is -2.45. The Hall–Kier alpha value is -2.09. The molecule has 0 unspecified atom stereocenters.